The van der Waals surface area contributed by atoms with E-state index in [9.17, 15) is 4.79 Å². The molecule has 4 aromatic carbocycles. The van der Waals surface area contributed by atoms with Crippen LogP contribution in [0.25, 0.3) is 22.5 Å². The van der Waals surface area contributed by atoms with Gasteiger partial charge in [-0.3, -0.25) is 20.0 Å². The molecule has 7 heteroatoms. The molecule has 0 saturated heterocycles. The van der Waals surface area contributed by atoms with Crippen LogP contribution in [0.15, 0.2) is 114 Å². The van der Waals surface area contributed by atoms with E-state index in [1.807, 2.05) is 97.1 Å². The number of amidine groups is 2. The average Bonchev–Trinajstić information content (AvgIpc) is 3.20. The van der Waals surface area contributed by atoms with Gasteiger partial charge in [-0.15, -0.1) is 0 Å². The Bertz CT molecular complexity index is 1560. The second-order valence-corrected chi connectivity index (χ2v) is 9.11. The number of rotatable bonds is 8. The van der Waals surface area contributed by atoms with Gasteiger partial charge in [-0.2, -0.15) is 0 Å². The Morgan fingerprint density at radius 1 is 0.579 bits per heavy atom. The number of imidazole rings is 1. The highest BCUT2D eigenvalue weighted by molar-refractivity contribution is 5.95. The second-order valence-electron chi connectivity index (χ2n) is 9.11. The summed E-state index contributed by atoms with van der Waals surface area (Å²) in [7, 11) is 0. The Hall–Kier alpha value is -5.17. The number of nitrogens with two attached hydrogens (primary N) is 2. The molecule has 0 aliphatic rings. The fourth-order valence-electron chi connectivity index (χ4n) is 4.70. The van der Waals surface area contributed by atoms with Gasteiger partial charge in [0.1, 0.15) is 11.7 Å². The first-order chi connectivity index (χ1) is 18.4. The predicted molar refractivity (Wildman–Crippen MR) is 153 cm³/mol. The van der Waals surface area contributed by atoms with Crippen LogP contribution in [0.4, 0.5) is 0 Å². The summed E-state index contributed by atoms with van der Waals surface area (Å²) in [5, 5.41) is 15.7. The van der Waals surface area contributed by atoms with E-state index < -0.39 is 0 Å². The highest BCUT2D eigenvalue weighted by Gasteiger charge is 2.23. The van der Waals surface area contributed by atoms with Crippen molar-refractivity contribution in [1.82, 2.24) is 9.13 Å². The average molecular weight is 501 g/mol. The first-order valence-electron chi connectivity index (χ1n) is 12.2. The Balaban J connectivity index is 1.76. The molecular formula is C31H28N6O. The second kappa shape index (κ2) is 10.4. The number of nitrogens with zero attached hydrogens (tertiary/aromatic N) is 2. The van der Waals surface area contributed by atoms with Crippen molar-refractivity contribution in [2.75, 3.05) is 0 Å². The summed E-state index contributed by atoms with van der Waals surface area (Å²) >= 11 is 0. The van der Waals surface area contributed by atoms with E-state index in [4.69, 9.17) is 22.3 Å². The van der Waals surface area contributed by atoms with Gasteiger partial charge in [-0.1, -0.05) is 97.1 Å². The molecule has 0 fully saturated rings. The smallest absolute Gasteiger partial charge is 0.329 e. The molecule has 0 amide bonds. The molecule has 0 atom stereocenters. The third-order valence-corrected chi connectivity index (χ3v) is 6.48. The van der Waals surface area contributed by atoms with Gasteiger partial charge in [0.15, 0.2) is 0 Å². The summed E-state index contributed by atoms with van der Waals surface area (Å²) < 4.78 is 3.57. The van der Waals surface area contributed by atoms with Gasteiger partial charge in [0, 0.05) is 22.3 Å². The molecule has 188 valence electrons. The topological polar surface area (TPSA) is 127 Å². The minimum atomic E-state index is -0.163. The lowest BCUT2D eigenvalue weighted by Crippen LogP contribution is -2.26. The third-order valence-electron chi connectivity index (χ3n) is 6.48. The maximum absolute atomic E-state index is 14.2. The van der Waals surface area contributed by atoms with Crippen molar-refractivity contribution in [3.05, 3.63) is 142 Å². The van der Waals surface area contributed by atoms with Gasteiger partial charge >= 0.3 is 5.69 Å². The van der Waals surface area contributed by atoms with Crippen LogP contribution in [0.2, 0.25) is 0 Å². The van der Waals surface area contributed by atoms with Crippen LogP contribution in [0.1, 0.15) is 22.3 Å². The van der Waals surface area contributed by atoms with Gasteiger partial charge in [-0.05, 0) is 23.3 Å². The summed E-state index contributed by atoms with van der Waals surface area (Å²) in [4.78, 5) is 14.2. The van der Waals surface area contributed by atoms with E-state index in [2.05, 4.69) is 0 Å². The van der Waals surface area contributed by atoms with E-state index >= 15 is 0 Å². The zero-order valence-corrected chi connectivity index (χ0v) is 20.8. The maximum atomic E-state index is 14.2. The summed E-state index contributed by atoms with van der Waals surface area (Å²) in [6.07, 6.45) is 0. The van der Waals surface area contributed by atoms with Crippen LogP contribution in [0.5, 0.6) is 0 Å². The van der Waals surface area contributed by atoms with Crippen LogP contribution in [0.3, 0.4) is 0 Å². The SMILES string of the molecule is N=C(N)c1cccc(Cn2c(-c3ccccc3)c(-c3ccccc3)n(Cc3cccc(C(=N)N)c3)c2=O)c1. The van der Waals surface area contributed by atoms with Crippen LogP contribution in [0, 0.1) is 10.8 Å². The molecule has 0 saturated carbocycles. The predicted octanol–water partition coefficient (Wildman–Crippen LogP) is 4.65. The van der Waals surface area contributed by atoms with Gasteiger partial charge in [0.2, 0.25) is 0 Å². The molecule has 5 rings (SSSR count). The number of hydrogen-bond acceptors (Lipinski definition) is 3. The van der Waals surface area contributed by atoms with Crippen LogP contribution in [-0.4, -0.2) is 20.8 Å². The molecule has 0 aliphatic carbocycles. The van der Waals surface area contributed by atoms with Crippen LogP contribution < -0.4 is 17.2 Å². The highest BCUT2D eigenvalue weighted by atomic mass is 16.1. The molecule has 7 nitrogen and oxygen atoms in total. The molecule has 0 bridgehead atoms. The molecule has 6 N–H and O–H groups in total. The minimum absolute atomic E-state index is 0.0182. The molecule has 5 aromatic rings. The van der Waals surface area contributed by atoms with Gasteiger partial charge < -0.3 is 11.5 Å². The third kappa shape index (κ3) is 4.90. The molecule has 0 unspecified atom stereocenters. The lowest BCUT2D eigenvalue weighted by molar-refractivity contribution is 0.689. The van der Waals surface area contributed by atoms with E-state index in [0.29, 0.717) is 24.2 Å². The zero-order chi connectivity index (χ0) is 26.6. The quantitative estimate of drug-likeness (QED) is 0.183. The van der Waals surface area contributed by atoms with E-state index in [1.54, 1.807) is 21.3 Å². The number of hydrogen-bond donors (Lipinski definition) is 4. The van der Waals surface area contributed by atoms with E-state index in [0.717, 1.165) is 33.6 Å². The zero-order valence-electron chi connectivity index (χ0n) is 20.8. The Labute approximate surface area is 220 Å². The summed E-state index contributed by atoms with van der Waals surface area (Å²) in [5.41, 5.74) is 17.7. The molecule has 0 radical (unpaired) electrons. The van der Waals surface area contributed by atoms with Crippen molar-refractivity contribution in [3.63, 3.8) is 0 Å². The van der Waals surface area contributed by atoms with E-state index in [-0.39, 0.29) is 17.4 Å². The molecular weight excluding hydrogens is 472 g/mol. The molecule has 38 heavy (non-hydrogen) atoms. The van der Waals surface area contributed by atoms with Crippen molar-refractivity contribution < 1.29 is 0 Å². The first kappa shape index (κ1) is 24.5. The standard InChI is InChI=1S/C31H28N6O/c32-29(33)25-15-7-9-21(17-25)19-36-27(23-11-3-1-4-12-23)28(24-13-5-2-6-14-24)37(31(36)38)20-22-10-8-16-26(18-22)30(34)35/h1-18H,19-20H2,(H3,32,33)(H3,34,35). The lowest BCUT2D eigenvalue weighted by atomic mass is 10.0. The van der Waals surface area contributed by atoms with Crippen molar-refractivity contribution in [2.45, 2.75) is 13.1 Å². The Kier molecular flexibility index (Phi) is 6.74. The maximum Gasteiger partial charge on any atom is 0.329 e. The Morgan fingerprint density at radius 3 is 1.34 bits per heavy atom. The van der Waals surface area contributed by atoms with Gasteiger partial charge in [0.25, 0.3) is 0 Å². The monoisotopic (exact) mass is 500 g/mol. The van der Waals surface area contributed by atoms with Gasteiger partial charge in [-0.25, -0.2) is 4.79 Å². The molecule has 0 spiro atoms. The van der Waals surface area contributed by atoms with Crippen molar-refractivity contribution in [3.8, 4) is 22.5 Å². The molecule has 1 heterocycles. The normalized spacial score (nSPS) is 10.8. The van der Waals surface area contributed by atoms with Crippen molar-refractivity contribution in [1.29, 1.82) is 10.8 Å². The molecule has 1 aromatic heterocycles. The van der Waals surface area contributed by atoms with Gasteiger partial charge in [0.05, 0.1) is 24.5 Å². The minimum Gasteiger partial charge on any atom is -0.384 e. The summed E-state index contributed by atoms with van der Waals surface area (Å²) in [6, 6.07) is 34.6. The number of nitrogens with one attached hydrogen (secondary N) is 2. The largest absolute Gasteiger partial charge is 0.384 e. The summed E-state index contributed by atoms with van der Waals surface area (Å²) in [6.45, 7) is 0.620. The fourth-order valence-corrected chi connectivity index (χ4v) is 4.70. The van der Waals surface area contributed by atoms with Crippen LogP contribution >= 0.6 is 0 Å². The van der Waals surface area contributed by atoms with E-state index in [1.165, 1.54) is 0 Å². The Morgan fingerprint density at radius 2 is 0.974 bits per heavy atom. The number of aromatic nitrogens is 2. The fraction of sp³-hybridized carbons (Fsp3) is 0.0645. The van der Waals surface area contributed by atoms with Crippen LogP contribution in [-0.2, 0) is 13.1 Å². The van der Waals surface area contributed by atoms with Crippen molar-refractivity contribution >= 4 is 11.7 Å². The summed E-state index contributed by atoms with van der Waals surface area (Å²) in [5.74, 6) is -0.0363. The number of benzene rings is 4. The number of nitrogen functional groups attached to an aromatic ring is 2. The van der Waals surface area contributed by atoms with Crippen molar-refractivity contribution in [2.24, 2.45) is 11.5 Å². The highest BCUT2D eigenvalue weighted by Crippen LogP contribution is 2.33. The molecule has 0 aliphatic heterocycles. The first-order valence-corrected chi connectivity index (χ1v) is 12.2. The lowest BCUT2D eigenvalue weighted by Gasteiger charge is -2.12.